The molecule has 3 nitrogen and oxygen atoms in total. The quantitative estimate of drug-likeness (QED) is 0.563. The summed E-state index contributed by atoms with van der Waals surface area (Å²) >= 11 is 24.3. The average molecular weight is 428 g/mol. The Morgan fingerprint density at radius 1 is 0.958 bits per heavy atom. The van der Waals surface area contributed by atoms with Crippen molar-refractivity contribution in [3.63, 3.8) is 0 Å². The zero-order valence-electron chi connectivity index (χ0n) is 12.6. The number of halogens is 4. The Kier molecular flexibility index (Phi) is 6.82. The van der Waals surface area contributed by atoms with Gasteiger partial charge in [0.15, 0.2) is 0 Å². The lowest BCUT2D eigenvalue weighted by atomic mass is 9.92. The van der Waals surface area contributed by atoms with Crippen molar-refractivity contribution < 1.29 is 12.6 Å². The van der Waals surface area contributed by atoms with Crippen molar-refractivity contribution in [2.75, 3.05) is 12.9 Å². The molecule has 1 atom stereocenters. The second-order valence-electron chi connectivity index (χ2n) is 5.29. The van der Waals surface area contributed by atoms with Crippen molar-refractivity contribution in [1.82, 2.24) is 0 Å². The number of benzene rings is 2. The van der Waals surface area contributed by atoms with Crippen LogP contribution in [0.15, 0.2) is 36.4 Å². The Bertz CT molecular complexity index is 837. The molecule has 130 valence electrons. The summed E-state index contributed by atoms with van der Waals surface area (Å²) in [6.45, 7) is -0.0564. The van der Waals surface area contributed by atoms with Gasteiger partial charge in [-0.3, -0.25) is 4.18 Å². The first-order chi connectivity index (χ1) is 11.2. The van der Waals surface area contributed by atoms with E-state index < -0.39 is 10.1 Å². The van der Waals surface area contributed by atoms with Gasteiger partial charge in [-0.1, -0.05) is 58.5 Å². The van der Waals surface area contributed by atoms with Gasteiger partial charge in [-0.2, -0.15) is 8.42 Å². The molecule has 0 amide bonds. The van der Waals surface area contributed by atoms with Gasteiger partial charge in [0.05, 0.1) is 12.9 Å². The first kappa shape index (κ1) is 19.8. The molecule has 0 fully saturated rings. The molecule has 0 aliphatic carbocycles. The second-order valence-corrected chi connectivity index (χ2v) is 8.62. The predicted molar refractivity (Wildman–Crippen MR) is 100 cm³/mol. The topological polar surface area (TPSA) is 43.4 Å². The molecular weight excluding hydrogens is 414 g/mol. The van der Waals surface area contributed by atoms with Crippen LogP contribution in [0.5, 0.6) is 0 Å². The molecule has 0 saturated carbocycles. The van der Waals surface area contributed by atoms with E-state index in [1.54, 1.807) is 36.4 Å². The first-order valence-corrected chi connectivity index (χ1v) is 10.2. The maximum Gasteiger partial charge on any atom is 0.264 e. The van der Waals surface area contributed by atoms with E-state index in [-0.39, 0.29) is 12.5 Å². The molecule has 0 N–H and O–H groups in total. The fourth-order valence-electron chi connectivity index (χ4n) is 2.25. The molecule has 0 aliphatic heterocycles. The molecule has 2 aromatic carbocycles. The number of hydrogen-bond acceptors (Lipinski definition) is 3. The lowest BCUT2D eigenvalue weighted by Crippen LogP contribution is -2.15. The molecule has 24 heavy (non-hydrogen) atoms. The van der Waals surface area contributed by atoms with Crippen LogP contribution >= 0.6 is 46.4 Å². The summed E-state index contributed by atoms with van der Waals surface area (Å²) < 4.78 is 27.7. The lowest BCUT2D eigenvalue weighted by Gasteiger charge is -2.19. The first-order valence-electron chi connectivity index (χ1n) is 6.89. The molecule has 0 heterocycles. The molecule has 0 spiro atoms. The predicted octanol–water partition coefficient (Wildman–Crippen LogP) is 5.60. The van der Waals surface area contributed by atoms with E-state index >= 15 is 0 Å². The Labute approximate surface area is 161 Å². The van der Waals surface area contributed by atoms with Gasteiger partial charge < -0.3 is 0 Å². The van der Waals surface area contributed by atoms with Crippen LogP contribution in [0.2, 0.25) is 20.1 Å². The van der Waals surface area contributed by atoms with Gasteiger partial charge in [-0.25, -0.2) is 0 Å². The van der Waals surface area contributed by atoms with Crippen molar-refractivity contribution in [3.05, 3.63) is 67.6 Å². The molecule has 1 unspecified atom stereocenters. The van der Waals surface area contributed by atoms with Gasteiger partial charge in [-0.05, 0) is 41.8 Å². The van der Waals surface area contributed by atoms with Crippen LogP contribution in [-0.2, 0) is 20.7 Å². The molecule has 0 aliphatic rings. The van der Waals surface area contributed by atoms with E-state index in [2.05, 4.69) is 0 Å². The van der Waals surface area contributed by atoms with Gasteiger partial charge in [0.1, 0.15) is 0 Å². The van der Waals surface area contributed by atoms with Gasteiger partial charge in [0.25, 0.3) is 10.1 Å². The summed E-state index contributed by atoms with van der Waals surface area (Å²) in [6.07, 6.45) is 1.44. The third kappa shape index (κ3) is 5.80. The molecule has 0 aromatic heterocycles. The maximum atomic E-state index is 11.4. The van der Waals surface area contributed by atoms with Gasteiger partial charge in [0, 0.05) is 26.0 Å². The average Bonchev–Trinajstić information content (AvgIpc) is 2.45. The van der Waals surface area contributed by atoms with Gasteiger partial charge >= 0.3 is 0 Å². The highest BCUT2D eigenvalue weighted by Gasteiger charge is 2.20. The minimum atomic E-state index is -3.58. The monoisotopic (exact) mass is 426 g/mol. The standard InChI is InChI=1S/C16H14Cl4O3S/c1-24(21,22)23-9-11(14-5-4-13(18)8-16(14)20)6-10-2-3-12(17)7-15(10)19/h2-5,7-8,11H,6,9H2,1H3. The minimum Gasteiger partial charge on any atom is -0.270 e. The lowest BCUT2D eigenvalue weighted by molar-refractivity contribution is 0.293. The van der Waals surface area contributed by atoms with E-state index in [0.717, 1.165) is 17.4 Å². The van der Waals surface area contributed by atoms with Crippen LogP contribution in [0.25, 0.3) is 0 Å². The second kappa shape index (κ2) is 8.26. The fraction of sp³-hybridized carbons (Fsp3) is 0.250. The van der Waals surface area contributed by atoms with E-state index in [1.807, 2.05) is 0 Å². The Hall–Kier alpha value is -0.490. The van der Waals surface area contributed by atoms with Crippen LogP contribution in [-0.4, -0.2) is 21.3 Å². The molecule has 8 heteroatoms. The van der Waals surface area contributed by atoms with E-state index in [0.29, 0.717) is 26.5 Å². The molecule has 0 saturated heterocycles. The van der Waals surface area contributed by atoms with Crippen LogP contribution in [0, 0.1) is 0 Å². The van der Waals surface area contributed by atoms with E-state index in [4.69, 9.17) is 50.6 Å². The highest BCUT2D eigenvalue weighted by Crippen LogP contribution is 2.33. The summed E-state index contributed by atoms with van der Waals surface area (Å²) in [7, 11) is -3.58. The van der Waals surface area contributed by atoms with Crippen molar-refractivity contribution >= 4 is 56.5 Å². The highest BCUT2D eigenvalue weighted by atomic mass is 35.5. The molecule has 2 rings (SSSR count). The number of hydrogen-bond donors (Lipinski definition) is 0. The molecule has 2 aromatic rings. The van der Waals surface area contributed by atoms with Gasteiger partial charge in [0.2, 0.25) is 0 Å². The maximum absolute atomic E-state index is 11.4. The van der Waals surface area contributed by atoms with Crippen molar-refractivity contribution in [1.29, 1.82) is 0 Å². The van der Waals surface area contributed by atoms with E-state index in [1.165, 1.54) is 0 Å². The largest absolute Gasteiger partial charge is 0.270 e. The van der Waals surface area contributed by atoms with Crippen molar-refractivity contribution in [2.24, 2.45) is 0 Å². The Balaban J connectivity index is 2.34. The van der Waals surface area contributed by atoms with Gasteiger partial charge in [-0.15, -0.1) is 0 Å². The zero-order valence-corrected chi connectivity index (χ0v) is 16.4. The molecule has 0 radical (unpaired) electrons. The van der Waals surface area contributed by atoms with Crippen LogP contribution in [0.4, 0.5) is 0 Å². The Morgan fingerprint density at radius 3 is 2.08 bits per heavy atom. The SMILES string of the molecule is CS(=O)(=O)OCC(Cc1ccc(Cl)cc1Cl)c1ccc(Cl)cc1Cl. The molecular formula is C16H14Cl4O3S. The summed E-state index contributed by atoms with van der Waals surface area (Å²) in [6, 6.07) is 10.2. The van der Waals surface area contributed by atoms with Crippen molar-refractivity contribution in [3.8, 4) is 0 Å². The van der Waals surface area contributed by atoms with E-state index in [9.17, 15) is 8.42 Å². The molecule has 0 bridgehead atoms. The summed E-state index contributed by atoms with van der Waals surface area (Å²) in [5.74, 6) is -0.317. The summed E-state index contributed by atoms with van der Waals surface area (Å²) in [5, 5.41) is 1.96. The van der Waals surface area contributed by atoms with Crippen molar-refractivity contribution in [2.45, 2.75) is 12.3 Å². The van der Waals surface area contributed by atoms with Crippen LogP contribution < -0.4 is 0 Å². The highest BCUT2D eigenvalue weighted by molar-refractivity contribution is 7.85. The number of rotatable bonds is 6. The Morgan fingerprint density at radius 2 is 1.54 bits per heavy atom. The fourth-order valence-corrected chi connectivity index (χ4v) is 3.71. The minimum absolute atomic E-state index is 0.0564. The summed E-state index contributed by atoms with van der Waals surface area (Å²) in [4.78, 5) is 0. The summed E-state index contributed by atoms with van der Waals surface area (Å²) in [5.41, 5.74) is 1.55. The van der Waals surface area contributed by atoms with Crippen LogP contribution in [0.1, 0.15) is 17.0 Å². The zero-order chi connectivity index (χ0) is 17.9. The smallest absolute Gasteiger partial charge is 0.264 e. The normalized spacial score (nSPS) is 13.0. The van der Waals surface area contributed by atoms with Crippen LogP contribution in [0.3, 0.4) is 0 Å². The third-order valence-electron chi connectivity index (χ3n) is 3.37. The third-order valence-corrected chi connectivity index (χ3v) is 5.08.